The van der Waals surface area contributed by atoms with Crippen LogP contribution in [-0.4, -0.2) is 5.78 Å². The number of halogens is 1. The normalized spacial score (nSPS) is 14.4. The quantitative estimate of drug-likeness (QED) is 0.710. The minimum absolute atomic E-state index is 0.274. The average Bonchev–Trinajstić information content (AvgIpc) is 2.30. The number of carbonyl (C=O) groups excluding carboxylic acids is 1. The van der Waals surface area contributed by atoms with E-state index in [1.54, 1.807) is 24.3 Å². The van der Waals surface area contributed by atoms with Gasteiger partial charge in [0.05, 0.1) is 0 Å². The van der Waals surface area contributed by atoms with Gasteiger partial charge in [-0.1, -0.05) is 50.6 Å². The standard InChI is InChI=1S/C14H19FO/c1-3-8-13(16)14(15,11-4-2)12-9-6-5-7-10-12/h5-7,9-10H,3-4,8,11H2,1-2H3. The number of rotatable bonds is 6. The molecule has 0 fully saturated rings. The Morgan fingerprint density at radius 1 is 1.19 bits per heavy atom. The summed E-state index contributed by atoms with van der Waals surface area (Å²) in [5.74, 6) is -0.289. The third kappa shape index (κ3) is 2.69. The maximum atomic E-state index is 14.8. The molecule has 1 aromatic rings. The zero-order valence-corrected chi connectivity index (χ0v) is 10.0. The van der Waals surface area contributed by atoms with Gasteiger partial charge in [0.15, 0.2) is 11.5 Å². The van der Waals surface area contributed by atoms with E-state index >= 15 is 0 Å². The highest BCUT2D eigenvalue weighted by atomic mass is 19.1. The molecule has 1 aromatic carbocycles. The summed E-state index contributed by atoms with van der Waals surface area (Å²) in [6, 6.07) is 8.78. The number of ketones is 1. The summed E-state index contributed by atoms with van der Waals surface area (Å²) >= 11 is 0. The van der Waals surface area contributed by atoms with Crippen LogP contribution in [0, 0.1) is 0 Å². The summed E-state index contributed by atoms with van der Waals surface area (Å²) < 4.78 is 14.8. The van der Waals surface area contributed by atoms with Gasteiger partial charge >= 0.3 is 0 Å². The SMILES string of the molecule is CCCC(=O)C(F)(CCC)c1ccccc1. The fourth-order valence-corrected chi connectivity index (χ4v) is 1.92. The molecule has 0 aromatic heterocycles. The van der Waals surface area contributed by atoms with Crippen LogP contribution in [0.3, 0.4) is 0 Å². The largest absolute Gasteiger partial charge is 0.296 e. The molecule has 2 heteroatoms. The molecule has 88 valence electrons. The zero-order chi connectivity index (χ0) is 12.0. The number of benzene rings is 1. The lowest BCUT2D eigenvalue weighted by Gasteiger charge is -2.23. The number of alkyl halides is 1. The molecule has 0 spiro atoms. The van der Waals surface area contributed by atoms with Crippen LogP contribution in [-0.2, 0) is 10.5 Å². The van der Waals surface area contributed by atoms with Crippen molar-refractivity contribution < 1.29 is 9.18 Å². The van der Waals surface area contributed by atoms with Crippen LogP contribution in [0.5, 0.6) is 0 Å². The fourth-order valence-electron chi connectivity index (χ4n) is 1.92. The van der Waals surface area contributed by atoms with E-state index in [9.17, 15) is 9.18 Å². The molecule has 1 rings (SSSR count). The molecule has 0 amide bonds. The van der Waals surface area contributed by atoms with Crippen molar-refractivity contribution in [2.24, 2.45) is 0 Å². The third-order valence-corrected chi connectivity index (χ3v) is 2.74. The van der Waals surface area contributed by atoms with Crippen LogP contribution < -0.4 is 0 Å². The van der Waals surface area contributed by atoms with E-state index < -0.39 is 5.67 Å². The number of carbonyl (C=O) groups is 1. The van der Waals surface area contributed by atoms with Gasteiger partial charge in [-0.3, -0.25) is 4.79 Å². The summed E-state index contributed by atoms with van der Waals surface area (Å²) in [4.78, 5) is 11.9. The predicted molar refractivity (Wildman–Crippen MR) is 64.1 cm³/mol. The van der Waals surface area contributed by atoms with Crippen molar-refractivity contribution in [3.05, 3.63) is 35.9 Å². The first kappa shape index (κ1) is 12.9. The Bertz CT molecular complexity index is 334. The van der Waals surface area contributed by atoms with Gasteiger partial charge in [-0.25, -0.2) is 4.39 Å². The second kappa shape index (κ2) is 5.78. The first-order chi connectivity index (χ1) is 7.65. The van der Waals surface area contributed by atoms with Crippen molar-refractivity contribution in [3.63, 3.8) is 0 Å². The van der Waals surface area contributed by atoms with E-state index in [0.717, 1.165) is 0 Å². The van der Waals surface area contributed by atoms with Crippen molar-refractivity contribution in [1.29, 1.82) is 0 Å². The Morgan fingerprint density at radius 3 is 2.31 bits per heavy atom. The Morgan fingerprint density at radius 2 is 1.81 bits per heavy atom. The molecule has 0 aliphatic heterocycles. The van der Waals surface area contributed by atoms with Crippen LogP contribution in [0.2, 0.25) is 0 Å². The van der Waals surface area contributed by atoms with Gasteiger partial charge in [0, 0.05) is 6.42 Å². The summed E-state index contributed by atoms with van der Waals surface area (Å²) in [5, 5.41) is 0. The number of hydrogen-bond acceptors (Lipinski definition) is 1. The van der Waals surface area contributed by atoms with Crippen molar-refractivity contribution in [3.8, 4) is 0 Å². The molecular weight excluding hydrogens is 203 g/mol. The average molecular weight is 222 g/mol. The highest BCUT2D eigenvalue weighted by molar-refractivity contribution is 5.88. The lowest BCUT2D eigenvalue weighted by atomic mass is 9.85. The van der Waals surface area contributed by atoms with Crippen molar-refractivity contribution >= 4 is 5.78 Å². The summed E-state index contributed by atoms with van der Waals surface area (Å²) in [6.45, 7) is 3.80. The molecule has 0 radical (unpaired) electrons. The molecule has 0 saturated carbocycles. The molecule has 1 unspecified atom stereocenters. The van der Waals surface area contributed by atoms with Crippen LogP contribution in [0.25, 0.3) is 0 Å². The second-order valence-electron chi connectivity index (χ2n) is 4.09. The predicted octanol–water partition coefficient (Wildman–Crippen LogP) is 4.02. The first-order valence-electron chi connectivity index (χ1n) is 5.93. The number of Topliss-reactive ketones (excluding diaryl/α,β-unsaturated/α-hetero) is 1. The van der Waals surface area contributed by atoms with E-state index in [-0.39, 0.29) is 12.2 Å². The smallest absolute Gasteiger partial charge is 0.193 e. The monoisotopic (exact) mass is 222 g/mol. The van der Waals surface area contributed by atoms with Gasteiger partial charge in [0.25, 0.3) is 0 Å². The van der Waals surface area contributed by atoms with E-state index in [2.05, 4.69) is 0 Å². The van der Waals surface area contributed by atoms with E-state index in [1.165, 1.54) is 0 Å². The maximum Gasteiger partial charge on any atom is 0.193 e. The van der Waals surface area contributed by atoms with Crippen LogP contribution >= 0.6 is 0 Å². The third-order valence-electron chi connectivity index (χ3n) is 2.74. The highest BCUT2D eigenvalue weighted by Gasteiger charge is 2.38. The molecule has 16 heavy (non-hydrogen) atoms. The van der Waals surface area contributed by atoms with Gasteiger partial charge < -0.3 is 0 Å². The van der Waals surface area contributed by atoms with Gasteiger partial charge in [-0.15, -0.1) is 0 Å². The van der Waals surface area contributed by atoms with Gasteiger partial charge in [-0.05, 0) is 18.4 Å². The van der Waals surface area contributed by atoms with E-state index in [1.807, 2.05) is 19.9 Å². The maximum absolute atomic E-state index is 14.8. The molecule has 0 heterocycles. The van der Waals surface area contributed by atoms with Crippen molar-refractivity contribution in [2.45, 2.75) is 45.2 Å². The van der Waals surface area contributed by atoms with Crippen LogP contribution in [0.15, 0.2) is 30.3 Å². The first-order valence-corrected chi connectivity index (χ1v) is 5.93. The van der Waals surface area contributed by atoms with E-state index in [4.69, 9.17) is 0 Å². The van der Waals surface area contributed by atoms with E-state index in [0.29, 0.717) is 24.8 Å². The Kier molecular flexibility index (Phi) is 4.66. The molecule has 0 bridgehead atoms. The molecule has 0 saturated heterocycles. The molecule has 1 atom stereocenters. The minimum Gasteiger partial charge on any atom is -0.296 e. The van der Waals surface area contributed by atoms with Crippen molar-refractivity contribution in [2.75, 3.05) is 0 Å². The van der Waals surface area contributed by atoms with Crippen molar-refractivity contribution in [1.82, 2.24) is 0 Å². The topological polar surface area (TPSA) is 17.1 Å². The van der Waals surface area contributed by atoms with Crippen LogP contribution in [0.1, 0.15) is 45.1 Å². The second-order valence-corrected chi connectivity index (χ2v) is 4.09. The number of hydrogen-bond donors (Lipinski definition) is 0. The van der Waals surface area contributed by atoms with Crippen LogP contribution in [0.4, 0.5) is 4.39 Å². The fraction of sp³-hybridized carbons (Fsp3) is 0.500. The summed E-state index contributed by atoms with van der Waals surface area (Å²) in [6.07, 6.45) is 1.95. The molecule has 0 aliphatic carbocycles. The zero-order valence-electron chi connectivity index (χ0n) is 10.0. The Hall–Kier alpha value is -1.18. The summed E-state index contributed by atoms with van der Waals surface area (Å²) in [7, 11) is 0. The molecule has 0 aliphatic rings. The van der Waals surface area contributed by atoms with Gasteiger partial charge in [0.2, 0.25) is 0 Å². The molecular formula is C14H19FO. The Labute approximate surface area is 96.7 Å². The minimum atomic E-state index is -1.79. The lowest BCUT2D eigenvalue weighted by Crippen LogP contribution is -2.30. The highest BCUT2D eigenvalue weighted by Crippen LogP contribution is 2.33. The molecule has 0 N–H and O–H groups in total. The van der Waals surface area contributed by atoms with Gasteiger partial charge in [0.1, 0.15) is 0 Å². The molecule has 1 nitrogen and oxygen atoms in total. The summed E-state index contributed by atoms with van der Waals surface area (Å²) in [5.41, 5.74) is -1.29. The lowest BCUT2D eigenvalue weighted by molar-refractivity contribution is -0.131. The van der Waals surface area contributed by atoms with Gasteiger partial charge in [-0.2, -0.15) is 0 Å². The Balaban J connectivity index is 3.01.